The lowest BCUT2D eigenvalue weighted by Gasteiger charge is -2.18. The first-order chi connectivity index (χ1) is 9.06. The molecular weight excluding hydrogens is 248 g/mol. The third-order valence-corrected chi connectivity index (χ3v) is 3.04. The summed E-state index contributed by atoms with van der Waals surface area (Å²) in [6, 6.07) is 6.09. The fraction of sp³-hybridized carbons (Fsp3) is 0.333. The summed E-state index contributed by atoms with van der Waals surface area (Å²) in [5, 5.41) is 19.9. The number of hydrogen-bond donors (Lipinski definition) is 0. The van der Waals surface area contributed by atoms with Crippen LogP contribution in [0.3, 0.4) is 0 Å². The van der Waals surface area contributed by atoms with Gasteiger partial charge < -0.3 is 9.80 Å². The molecule has 19 heavy (non-hydrogen) atoms. The molecule has 1 saturated heterocycles. The molecule has 0 spiro atoms. The van der Waals surface area contributed by atoms with Crippen molar-refractivity contribution in [1.29, 1.82) is 5.26 Å². The van der Waals surface area contributed by atoms with Crippen molar-refractivity contribution >= 4 is 17.3 Å². The van der Waals surface area contributed by atoms with Crippen LogP contribution in [-0.4, -0.2) is 35.5 Å². The molecule has 1 heterocycles. The van der Waals surface area contributed by atoms with Crippen LogP contribution in [-0.2, 0) is 4.79 Å². The Morgan fingerprint density at radius 3 is 2.79 bits per heavy atom. The normalized spacial score (nSPS) is 14.6. The number of benzene rings is 1. The van der Waals surface area contributed by atoms with E-state index in [0.717, 1.165) is 0 Å². The van der Waals surface area contributed by atoms with E-state index in [0.29, 0.717) is 24.5 Å². The maximum Gasteiger partial charge on any atom is 0.292 e. The highest BCUT2D eigenvalue weighted by atomic mass is 16.6. The van der Waals surface area contributed by atoms with Crippen molar-refractivity contribution in [3.8, 4) is 6.07 Å². The standard InChI is InChI=1S/C12H12N4O3/c1-2-14-8-15(7-12(14)17)11-5-9(6-13)3-4-10(11)16(18)19/h3-5H,2,7-8H2,1H3. The van der Waals surface area contributed by atoms with E-state index < -0.39 is 4.92 Å². The fourth-order valence-corrected chi connectivity index (χ4v) is 2.04. The van der Waals surface area contributed by atoms with Gasteiger partial charge in [0.2, 0.25) is 5.91 Å². The Morgan fingerprint density at radius 1 is 1.53 bits per heavy atom. The minimum Gasteiger partial charge on any atom is -0.339 e. The van der Waals surface area contributed by atoms with Crippen LogP contribution in [0.4, 0.5) is 11.4 Å². The maximum atomic E-state index is 11.7. The van der Waals surface area contributed by atoms with Gasteiger partial charge >= 0.3 is 0 Å². The van der Waals surface area contributed by atoms with Crippen molar-refractivity contribution in [3.63, 3.8) is 0 Å². The molecule has 0 aliphatic carbocycles. The summed E-state index contributed by atoms with van der Waals surface area (Å²) in [6.45, 7) is 2.82. The zero-order chi connectivity index (χ0) is 14.0. The topological polar surface area (TPSA) is 90.5 Å². The summed E-state index contributed by atoms with van der Waals surface area (Å²) in [6.07, 6.45) is 0. The molecule has 0 atom stereocenters. The Morgan fingerprint density at radius 2 is 2.26 bits per heavy atom. The number of nitrogens with zero attached hydrogens (tertiary/aromatic N) is 4. The van der Waals surface area contributed by atoms with E-state index in [9.17, 15) is 14.9 Å². The van der Waals surface area contributed by atoms with Gasteiger partial charge in [0.15, 0.2) is 0 Å². The van der Waals surface area contributed by atoms with E-state index in [1.165, 1.54) is 18.2 Å². The van der Waals surface area contributed by atoms with E-state index in [1.807, 2.05) is 13.0 Å². The summed E-state index contributed by atoms with van der Waals surface area (Å²) < 4.78 is 0. The summed E-state index contributed by atoms with van der Waals surface area (Å²) in [7, 11) is 0. The number of carbonyl (C=O) groups excluding carboxylic acids is 1. The number of rotatable bonds is 3. The first kappa shape index (κ1) is 12.8. The van der Waals surface area contributed by atoms with Gasteiger partial charge in [-0.1, -0.05) is 0 Å². The third kappa shape index (κ3) is 2.33. The number of anilines is 1. The zero-order valence-corrected chi connectivity index (χ0v) is 10.4. The monoisotopic (exact) mass is 260 g/mol. The molecule has 0 bridgehead atoms. The van der Waals surface area contributed by atoms with E-state index in [1.54, 1.807) is 9.80 Å². The van der Waals surface area contributed by atoms with Crippen LogP contribution in [0.2, 0.25) is 0 Å². The molecule has 1 fully saturated rings. The molecule has 0 radical (unpaired) electrons. The molecule has 7 nitrogen and oxygen atoms in total. The van der Waals surface area contributed by atoms with Crippen LogP contribution >= 0.6 is 0 Å². The molecule has 1 aliphatic heterocycles. The average molecular weight is 260 g/mol. The number of nitro benzene ring substituents is 1. The lowest BCUT2D eigenvalue weighted by Crippen LogP contribution is -2.27. The van der Waals surface area contributed by atoms with Crippen molar-refractivity contribution in [3.05, 3.63) is 33.9 Å². The summed E-state index contributed by atoms with van der Waals surface area (Å²) in [5.41, 5.74) is 0.557. The quantitative estimate of drug-likeness (QED) is 0.599. The molecule has 0 saturated carbocycles. The highest BCUT2D eigenvalue weighted by Gasteiger charge is 2.30. The van der Waals surface area contributed by atoms with Crippen LogP contribution in [0.15, 0.2) is 18.2 Å². The van der Waals surface area contributed by atoms with Crippen molar-refractivity contribution in [2.24, 2.45) is 0 Å². The largest absolute Gasteiger partial charge is 0.339 e. The fourth-order valence-electron chi connectivity index (χ4n) is 2.04. The number of carbonyl (C=O) groups is 1. The van der Waals surface area contributed by atoms with Crippen LogP contribution in [0.1, 0.15) is 12.5 Å². The molecule has 1 amide bonds. The summed E-state index contributed by atoms with van der Waals surface area (Å²) in [4.78, 5) is 25.4. The molecule has 7 heteroatoms. The van der Waals surface area contributed by atoms with E-state index in [2.05, 4.69) is 0 Å². The van der Waals surface area contributed by atoms with E-state index in [-0.39, 0.29) is 18.1 Å². The number of likely N-dealkylation sites (N-methyl/N-ethyl adjacent to an activating group) is 1. The smallest absolute Gasteiger partial charge is 0.292 e. The molecule has 0 aromatic heterocycles. The second kappa shape index (κ2) is 4.94. The predicted molar refractivity (Wildman–Crippen MR) is 67.4 cm³/mol. The van der Waals surface area contributed by atoms with Crippen molar-refractivity contribution < 1.29 is 9.72 Å². The van der Waals surface area contributed by atoms with Gasteiger partial charge in [-0.25, -0.2) is 0 Å². The molecular formula is C12H12N4O3. The van der Waals surface area contributed by atoms with Gasteiger partial charge in [-0.2, -0.15) is 5.26 Å². The molecule has 1 aromatic carbocycles. The number of amides is 1. The SMILES string of the molecule is CCN1CN(c2cc(C#N)ccc2[N+](=O)[O-])CC1=O. The van der Waals surface area contributed by atoms with Crippen molar-refractivity contribution in [2.75, 3.05) is 24.7 Å². The second-order valence-corrected chi connectivity index (χ2v) is 4.16. The van der Waals surface area contributed by atoms with Crippen molar-refractivity contribution in [1.82, 2.24) is 4.90 Å². The first-order valence-corrected chi connectivity index (χ1v) is 5.78. The number of hydrogen-bond acceptors (Lipinski definition) is 5. The van der Waals surface area contributed by atoms with E-state index in [4.69, 9.17) is 5.26 Å². The van der Waals surface area contributed by atoms with Crippen LogP contribution in [0.5, 0.6) is 0 Å². The zero-order valence-electron chi connectivity index (χ0n) is 10.4. The lowest BCUT2D eigenvalue weighted by atomic mass is 10.1. The van der Waals surface area contributed by atoms with Gasteiger partial charge in [0, 0.05) is 12.6 Å². The Bertz CT molecular complexity index is 579. The van der Waals surface area contributed by atoms with Gasteiger partial charge in [-0.15, -0.1) is 0 Å². The first-order valence-electron chi connectivity index (χ1n) is 5.78. The minimum atomic E-state index is -0.504. The van der Waals surface area contributed by atoms with Gasteiger partial charge in [-0.3, -0.25) is 14.9 Å². The molecule has 1 aliphatic rings. The Balaban J connectivity index is 2.41. The molecule has 2 rings (SSSR count). The van der Waals surface area contributed by atoms with Crippen molar-refractivity contribution in [2.45, 2.75) is 6.92 Å². The second-order valence-electron chi connectivity index (χ2n) is 4.16. The van der Waals surface area contributed by atoms with E-state index >= 15 is 0 Å². The van der Waals surface area contributed by atoms with Crippen LogP contribution < -0.4 is 4.90 Å². The molecule has 0 N–H and O–H groups in total. The Labute approximate surface area is 109 Å². The summed E-state index contributed by atoms with van der Waals surface area (Å²) >= 11 is 0. The maximum absolute atomic E-state index is 11.7. The molecule has 98 valence electrons. The van der Waals surface area contributed by atoms with Crippen LogP contribution in [0, 0.1) is 21.4 Å². The third-order valence-electron chi connectivity index (χ3n) is 3.04. The summed E-state index contributed by atoms with van der Waals surface area (Å²) in [5.74, 6) is -0.0702. The number of nitro groups is 1. The van der Waals surface area contributed by atoms with Crippen LogP contribution in [0.25, 0.3) is 0 Å². The van der Waals surface area contributed by atoms with Gasteiger partial charge in [0.1, 0.15) is 5.69 Å². The Hall–Kier alpha value is -2.62. The molecule has 1 aromatic rings. The van der Waals surface area contributed by atoms with Gasteiger partial charge in [0.05, 0.1) is 29.8 Å². The average Bonchev–Trinajstić information content (AvgIpc) is 2.79. The minimum absolute atomic E-state index is 0.0702. The highest BCUT2D eigenvalue weighted by Crippen LogP contribution is 2.30. The van der Waals surface area contributed by atoms with Gasteiger partial charge in [0.25, 0.3) is 5.69 Å². The molecule has 0 unspecified atom stereocenters. The highest BCUT2D eigenvalue weighted by molar-refractivity contribution is 5.86. The lowest BCUT2D eigenvalue weighted by molar-refractivity contribution is -0.384. The number of nitriles is 1. The predicted octanol–water partition coefficient (Wildman–Crippen LogP) is 1.09. The Kier molecular flexibility index (Phi) is 3.33. The van der Waals surface area contributed by atoms with Gasteiger partial charge in [-0.05, 0) is 19.1 Å².